The molecule has 11 nitrogen and oxygen atoms in total. The van der Waals surface area contributed by atoms with Gasteiger partial charge in [0.2, 0.25) is 15.9 Å². The highest BCUT2D eigenvalue weighted by molar-refractivity contribution is 7.89. The topological polar surface area (TPSA) is 134 Å². The van der Waals surface area contributed by atoms with E-state index in [0.29, 0.717) is 13.1 Å². The van der Waals surface area contributed by atoms with E-state index in [2.05, 4.69) is 15.3 Å². The standard InChI is InChI=1S/C31H29F4N5O6S/c1-3-38-13-15-39(16-14-38)47(44,45)26-18-23(36-28(41)20-7-9-21(10-8-20)31(33,34)35)11-12-25(26)46-29-19(2)27(30(42)43)37-40(29)24-6-4-5-22(32)17-24/h4-12,17-18H,3,13-16H2,1-2H3,(H,36,41)(H,42,43). The Morgan fingerprint density at radius 3 is 2.28 bits per heavy atom. The van der Waals surface area contributed by atoms with E-state index in [1.165, 1.54) is 41.6 Å². The van der Waals surface area contributed by atoms with Gasteiger partial charge < -0.3 is 20.1 Å². The fourth-order valence-electron chi connectivity index (χ4n) is 5.00. The van der Waals surface area contributed by atoms with Crippen molar-refractivity contribution in [3.63, 3.8) is 0 Å². The van der Waals surface area contributed by atoms with Crippen LogP contribution < -0.4 is 10.1 Å². The number of halogens is 4. The zero-order valence-corrected chi connectivity index (χ0v) is 25.9. The molecule has 1 fully saturated rings. The Morgan fingerprint density at radius 2 is 1.68 bits per heavy atom. The van der Waals surface area contributed by atoms with E-state index in [1.807, 2.05) is 6.92 Å². The Balaban J connectivity index is 1.56. The van der Waals surface area contributed by atoms with E-state index >= 15 is 0 Å². The molecule has 2 heterocycles. The highest BCUT2D eigenvalue weighted by Crippen LogP contribution is 2.37. The number of benzene rings is 3. The summed E-state index contributed by atoms with van der Waals surface area (Å²) in [5, 5.41) is 16.3. The lowest BCUT2D eigenvalue weighted by Crippen LogP contribution is -2.48. The molecular weight excluding hydrogens is 646 g/mol. The number of likely N-dealkylation sites (N-methyl/N-ethyl adjacent to an activating group) is 1. The van der Waals surface area contributed by atoms with Crippen molar-refractivity contribution in [1.29, 1.82) is 0 Å². The van der Waals surface area contributed by atoms with Gasteiger partial charge in [-0.1, -0.05) is 13.0 Å². The zero-order valence-electron chi connectivity index (χ0n) is 25.1. The number of piperazine rings is 1. The number of anilines is 1. The number of sulfonamides is 1. The molecule has 0 radical (unpaired) electrons. The molecule has 47 heavy (non-hydrogen) atoms. The summed E-state index contributed by atoms with van der Waals surface area (Å²) in [6, 6.07) is 12.3. The molecule has 1 saturated heterocycles. The van der Waals surface area contributed by atoms with Gasteiger partial charge in [-0.2, -0.15) is 27.3 Å². The van der Waals surface area contributed by atoms with Gasteiger partial charge in [0, 0.05) is 43.0 Å². The minimum atomic E-state index is -4.59. The first-order valence-corrected chi connectivity index (χ1v) is 15.7. The quantitative estimate of drug-likeness (QED) is 0.225. The number of carbonyl (C=O) groups is 2. The molecule has 0 bridgehead atoms. The summed E-state index contributed by atoms with van der Waals surface area (Å²) in [6.45, 7) is 5.31. The maximum Gasteiger partial charge on any atom is 0.416 e. The average molecular weight is 676 g/mol. The van der Waals surface area contributed by atoms with E-state index in [0.717, 1.165) is 47.6 Å². The molecule has 5 rings (SSSR count). The van der Waals surface area contributed by atoms with Crippen LogP contribution in [0.5, 0.6) is 11.6 Å². The molecule has 1 aliphatic heterocycles. The first kappa shape index (κ1) is 33.6. The second-order valence-electron chi connectivity index (χ2n) is 10.6. The number of hydrogen-bond acceptors (Lipinski definition) is 7. The number of carboxylic acid groups (broad SMARTS) is 1. The lowest BCUT2D eigenvalue weighted by atomic mass is 10.1. The lowest BCUT2D eigenvalue weighted by molar-refractivity contribution is -0.137. The predicted molar refractivity (Wildman–Crippen MR) is 162 cm³/mol. The van der Waals surface area contributed by atoms with Crippen molar-refractivity contribution in [3.05, 3.63) is 94.9 Å². The van der Waals surface area contributed by atoms with Crippen molar-refractivity contribution in [1.82, 2.24) is 19.0 Å². The highest BCUT2D eigenvalue weighted by Gasteiger charge is 2.33. The fourth-order valence-corrected chi connectivity index (χ4v) is 6.56. The van der Waals surface area contributed by atoms with Crippen LogP contribution in [0.15, 0.2) is 71.6 Å². The van der Waals surface area contributed by atoms with Crippen LogP contribution in [0.1, 0.15) is 38.9 Å². The van der Waals surface area contributed by atoms with Crippen LogP contribution in [-0.2, 0) is 16.2 Å². The van der Waals surface area contributed by atoms with Crippen LogP contribution in [-0.4, -0.2) is 77.1 Å². The van der Waals surface area contributed by atoms with Gasteiger partial charge in [0.05, 0.1) is 11.3 Å². The Kier molecular flexibility index (Phi) is 9.38. The maximum atomic E-state index is 14.1. The first-order valence-electron chi connectivity index (χ1n) is 14.3. The summed E-state index contributed by atoms with van der Waals surface area (Å²) in [5.74, 6) is -3.26. The number of nitrogens with one attached hydrogen (secondary N) is 1. The van der Waals surface area contributed by atoms with E-state index in [-0.39, 0.29) is 52.1 Å². The number of ether oxygens (including phenoxy) is 1. The van der Waals surface area contributed by atoms with Gasteiger partial charge in [-0.15, -0.1) is 0 Å². The molecule has 2 N–H and O–H groups in total. The second kappa shape index (κ2) is 13.1. The third kappa shape index (κ3) is 7.13. The van der Waals surface area contributed by atoms with Crippen LogP contribution >= 0.6 is 0 Å². The van der Waals surface area contributed by atoms with Crippen LogP contribution in [0.2, 0.25) is 0 Å². The first-order chi connectivity index (χ1) is 22.2. The summed E-state index contributed by atoms with van der Waals surface area (Å²) in [5.41, 5.74) is -1.32. The van der Waals surface area contributed by atoms with Crippen LogP contribution in [0.25, 0.3) is 5.69 Å². The molecule has 0 saturated carbocycles. The fraction of sp³-hybridized carbons (Fsp3) is 0.258. The maximum absolute atomic E-state index is 14.1. The molecule has 248 valence electrons. The van der Waals surface area contributed by atoms with Gasteiger partial charge in [-0.25, -0.2) is 17.6 Å². The monoisotopic (exact) mass is 675 g/mol. The van der Waals surface area contributed by atoms with Gasteiger partial charge in [-0.05, 0) is 74.1 Å². The Labute approximate surface area is 267 Å². The number of hydrogen-bond donors (Lipinski definition) is 2. The van der Waals surface area contributed by atoms with Gasteiger partial charge in [0.25, 0.3) is 5.91 Å². The van der Waals surface area contributed by atoms with Crippen LogP contribution in [0.4, 0.5) is 23.2 Å². The average Bonchev–Trinajstić information content (AvgIpc) is 3.37. The smallest absolute Gasteiger partial charge is 0.416 e. The Morgan fingerprint density at radius 1 is 1.00 bits per heavy atom. The van der Waals surface area contributed by atoms with Crippen molar-refractivity contribution in [3.8, 4) is 17.3 Å². The van der Waals surface area contributed by atoms with Gasteiger partial charge in [0.15, 0.2) is 5.69 Å². The largest absolute Gasteiger partial charge is 0.476 e. The van der Waals surface area contributed by atoms with E-state index in [1.54, 1.807) is 0 Å². The molecule has 3 aromatic carbocycles. The number of amides is 1. The minimum absolute atomic E-state index is 0.00500. The number of alkyl halides is 3. The normalized spacial score (nSPS) is 14.6. The molecule has 0 aliphatic carbocycles. The number of rotatable bonds is 9. The molecule has 0 unspecified atom stereocenters. The summed E-state index contributed by atoms with van der Waals surface area (Å²) in [7, 11) is -4.30. The number of nitrogens with zero attached hydrogens (tertiary/aromatic N) is 4. The number of carbonyl (C=O) groups excluding carboxylic acids is 1. The third-order valence-corrected chi connectivity index (χ3v) is 9.52. The van der Waals surface area contributed by atoms with Crippen molar-refractivity contribution >= 4 is 27.6 Å². The molecule has 0 spiro atoms. The SMILES string of the molecule is CCN1CCN(S(=O)(=O)c2cc(NC(=O)c3ccc(C(F)(F)F)cc3)ccc2Oc2c(C)c(C(=O)O)nn2-c2cccc(F)c2)CC1. The number of aromatic nitrogens is 2. The van der Waals surface area contributed by atoms with E-state index < -0.39 is 45.2 Å². The summed E-state index contributed by atoms with van der Waals surface area (Å²) in [4.78, 5) is 26.6. The van der Waals surface area contributed by atoms with Crippen molar-refractivity contribution in [2.45, 2.75) is 24.9 Å². The molecular formula is C31H29F4N5O6S. The molecule has 4 aromatic rings. The molecule has 1 aliphatic rings. The van der Waals surface area contributed by atoms with Gasteiger partial charge in [0.1, 0.15) is 16.5 Å². The number of carboxylic acids is 1. The lowest BCUT2D eigenvalue weighted by Gasteiger charge is -2.33. The van der Waals surface area contributed by atoms with Crippen LogP contribution in [0.3, 0.4) is 0 Å². The Bertz CT molecular complexity index is 1920. The Hall–Kier alpha value is -4.80. The molecule has 16 heteroatoms. The van der Waals surface area contributed by atoms with Gasteiger partial charge >= 0.3 is 12.1 Å². The van der Waals surface area contributed by atoms with Gasteiger partial charge in [-0.3, -0.25) is 4.79 Å². The minimum Gasteiger partial charge on any atom is -0.476 e. The summed E-state index contributed by atoms with van der Waals surface area (Å²) < 4.78 is 89.6. The molecule has 1 amide bonds. The highest BCUT2D eigenvalue weighted by atomic mass is 32.2. The molecule has 1 aromatic heterocycles. The molecule has 0 atom stereocenters. The van der Waals surface area contributed by atoms with Crippen molar-refractivity contribution in [2.75, 3.05) is 38.0 Å². The van der Waals surface area contributed by atoms with Crippen LogP contribution in [0, 0.1) is 12.7 Å². The number of aromatic carboxylic acids is 1. The van der Waals surface area contributed by atoms with Crippen molar-refractivity contribution < 1.29 is 45.4 Å². The second-order valence-corrected chi connectivity index (χ2v) is 12.5. The van der Waals surface area contributed by atoms with E-state index in [4.69, 9.17) is 4.74 Å². The predicted octanol–water partition coefficient (Wildman–Crippen LogP) is 5.41. The third-order valence-electron chi connectivity index (χ3n) is 7.60. The summed E-state index contributed by atoms with van der Waals surface area (Å²) in [6.07, 6.45) is -4.59. The van der Waals surface area contributed by atoms with E-state index in [9.17, 15) is 40.7 Å². The zero-order chi connectivity index (χ0) is 34.1. The van der Waals surface area contributed by atoms with Crippen molar-refractivity contribution in [2.24, 2.45) is 0 Å². The summed E-state index contributed by atoms with van der Waals surface area (Å²) >= 11 is 0.